The van der Waals surface area contributed by atoms with Crippen molar-refractivity contribution in [2.24, 2.45) is 17.8 Å². The summed E-state index contributed by atoms with van der Waals surface area (Å²) in [6.45, 7) is 0. The summed E-state index contributed by atoms with van der Waals surface area (Å²) in [6, 6.07) is 0. The Kier molecular flexibility index (Phi) is 1.63. The number of aliphatic carboxylic acids is 1. The van der Waals surface area contributed by atoms with Crippen LogP contribution in [0.2, 0.25) is 0 Å². The van der Waals surface area contributed by atoms with Gasteiger partial charge in [-0.3, -0.25) is 4.79 Å². The van der Waals surface area contributed by atoms with E-state index in [2.05, 4.69) is 0 Å². The van der Waals surface area contributed by atoms with Gasteiger partial charge in [0.2, 0.25) is 0 Å². The van der Waals surface area contributed by atoms with Gasteiger partial charge < -0.3 is 5.11 Å². The average molecular weight is 154 g/mol. The number of hydrogen-bond acceptors (Lipinski definition) is 1. The van der Waals surface area contributed by atoms with E-state index in [4.69, 9.17) is 5.11 Å². The zero-order valence-corrected chi connectivity index (χ0v) is 6.62. The summed E-state index contributed by atoms with van der Waals surface area (Å²) in [7, 11) is 0. The van der Waals surface area contributed by atoms with E-state index in [0.29, 0.717) is 12.3 Å². The Morgan fingerprint density at radius 1 is 1.36 bits per heavy atom. The fourth-order valence-electron chi connectivity index (χ4n) is 2.85. The highest BCUT2D eigenvalue weighted by Crippen LogP contribution is 2.49. The summed E-state index contributed by atoms with van der Waals surface area (Å²) in [5.74, 6) is 1.55. The van der Waals surface area contributed by atoms with Gasteiger partial charge in [-0.2, -0.15) is 0 Å². The lowest BCUT2D eigenvalue weighted by molar-refractivity contribution is -0.138. The van der Waals surface area contributed by atoms with Crippen molar-refractivity contribution in [1.82, 2.24) is 0 Å². The molecule has 0 heterocycles. The molecular formula is C9H14O2. The molecule has 2 aliphatic carbocycles. The van der Waals surface area contributed by atoms with Crippen molar-refractivity contribution in [1.29, 1.82) is 0 Å². The van der Waals surface area contributed by atoms with Crippen LogP contribution in [-0.2, 0) is 4.79 Å². The van der Waals surface area contributed by atoms with Crippen molar-refractivity contribution in [2.45, 2.75) is 32.1 Å². The molecule has 0 saturated heterocycles. The molecule has 1 N–H and O–H groups in total. The van der Waals surface area contributed by atoms with Crippen LogP contribution in [0.1, 0.15) is 32.1 Å². The molecular weight excluding hydrogens is 140 g/mol. The van der Waals surface area contributed by atoms with Gasteiger partial charge in [0.1, 0.15) is 0 Å². The van der Waals surface area contributed by atoms with E-state index in [-0.39, 0.29) is 0 Å². The van der Waals surface area contributed by atoms with E-state index in [1.807, 2.05) is 0 Å². The Morgan fingerprint density at radius 3 is 2.64 bits per heavy atom. The van der Waals surface area contributed by atoms with Crippen molar-refractivity contribution in [3.63, 3.8) is 0 Å². The van der Waals surface area contributed by atoms with E-state index in [1.54, 1.807) is 0 Å². The van der Waals surface area contributed by atoms with Crippen molar-refractivity contribution < 1.29 is 9.90 Å². The molecule has 2 bridgehead atoms. The van der Waals surface area contributed by atoms with Gasteiger partial charge in [-0.05, 0) is 37.0 Å². The first kappa shape index (κ1) is 7.14. The molecule has 0 spiro atoms. The number of rotatable bonds is 2. The molecule has 2 unspecified atom stereocenters. The molecule has 2 heteroatoms. The second-order valence-electron chi connectivity index (χ2n) is 4.03. The summed E-state index contributed by atoms with van der Waals surface area (Å²) in [5, 5.41) is 8.60. The van der Waals surface area contributed by atoms with Crippen molar-refractivity contribution in [3.8, 4) is 0 Å². The Morgan fingerprint density at radius 2 is 2.18 bits per heavy atom. The molecule has 0 aliphatic heterocycles. The molecule has 0 radical (unpaired) electrons. The van der Waals surface area contributed by atoms with E-state index in [1.165, 1.54) is 25.7 Å². The molecule has 0 amide bonds. The molecule has 62 valence electrons. The number of fused-ring (bicyclic) bond motifs is 2. The lowest BCUT2D eigenvalue weighted by atomic mass is 9.86. The maximum Gasteiger partial charge on any atom is 0.303 e. The molecule has 0 aromatic rings. The monoisotopic (exact) mass is 154 g/mol. The van der Waals surface area contributed by atoms with Crippen LogP contribution in [0.15, 0.2) is 0 Å². The van der Waals surface area contributed by atoms with Crippen LogP contribution in [-0.4, -0.2) is 11.1 Å². The second kappa shape index (κ2) is 2.50. The van der Waals surface area contributed by atoms with Gasteiger partial charge in [-0.25, -0.2) is 0 Å². The first-order valence-electron chi connectivity index (χ1n) is 4.47. The van der Waals surface area contributed by atoms with Crippen molar-refractivity contribution in [2.75, 3.05) is 0 Å². The largest absolute Gasteiger partial charge is 0.481 e. The predicted molar refractivity (Wildman–Crippen MR) is 41.2 cm³/mol. The van der Waals surface area contributed by atoms with Crippen LogP contribution in [0.4, 0.5) is 0 Å². The second-order valence-corrected chi connectivity index (χ2v) is 4.03. The zero-order valence-electron chi connectivity index (χ0n) is 6.62. The molecule has 3 atom stereocenters. The summed E-state index contributed by atoms with van der Waals surface area (Å²) < 4.78 is 0. The fourth-order valence-corrected chi connectivity index (χ4v) is 2.85. The number of carboxylic acid groups (broad SMARTS) is 1. The molecule has 0 aromatic carbocycles. The van der Waals surface area contributed by atoms with E-state index in [9.17, 15) is 4.79 Å². The van der Waals surface area contributed by atoms with Crippen LogP contribution in [0.3, 0.4) is 0 Å². The van der Waals surface area contributed by atoms with Gasteiger partial charge in [0.05, 0.1) is 0 Å². The molecule has 2 saturated carbocycles. The molecule has 2 nitrogen and oxygen atoms in total. The van der Waals surface area contributed by atoms with Crippen molar-refractivity contribution in [3.05, 3.63) is 0 Å². The van der Waals surface area contributed by atoms with Gasteiger partial charge in [0, 0.05) is 6.42 Å². The zero-order chi connectivity index (χ0) is 7.84. The molecule has 11 heavy (non-hydrogen) atoms. The lowest BCUT2D eigenvalue weighted by Gasteiger charge is -2.18. The first-order valence-corrected chi connectivity index (χ1v) is 4.47. The number of hydrogen-bond donors (Lipinski definition) is 1. The highest BCUT2D eigenvalue weighted by molar-refractivity contribution is 5.67. The van der Waals surface area contributed by atoms with E-state index >= 15 is 0 Å². The number of carboxylic acids is 1. The fraction of sp³-hybridized carbons (Fsp3) is 0.889. The van der Waals surface area contributed by atoms with Crippen LogP contribution in [0, 0.1) is 17.8 Å². The third kappa shape index (κ3) is 1.26. The maximum absolute atomic E-state index is 10.4. The van der Waals surface area contributed by atoms with E-state index < -0.39 is 5.97 Å². The van der Waals surface area contributed by atoms with Gasteiger partial charge in [0.25, 0.3) is 0 Å². The number of carbonyl (C=O) groups is 1. The van der Waals surface area contributed by atoms with Crippen LogP contribution in [0.25, 0.3) is 0 Å². The Labute approximate surface area is 66.6 Å². The Balaban J connectivity index is 1.92. The summed E-state index contributed by atoms with van der Waals surface area (Å²) in [5.41, 5.74) is 0. The summed E-state index contributed by atoms with van der Waals surface area (Å²) >= 11 is 0. The highest BCUT2D eigenvalue weighted by atomic mass is 16.4. The molecule has 2 rings (SSSR count). The van der Waals surface area contributed by atoms with E-state index in [0.717, 1.165) is 11.8 Å². The lowest BCUT2D eigenvalue weighted by Crippen LogP contribution is -2.14. The first-order chi connectivity index (χ1) is 5.25. The van der Waals surface area contributed by atoms with Gasteiger partial charge >= 0.3 is 5.97 Å². The standard InChI is InChI=1S/C9H14O2/c10-9(11)5-8-4-6-1-2-7(8)3-6/h6-8H,1-5H2,(H,10,11)/t6?,7?,8-/m1/s1. The van der Waals surface area contributed by atoms with Crippen molar-refractivity contribution >= 4 is 5.97 Å². The van der Waals surface area contributed by atoms with Crippen LogP contribution >= 0.6 is 0 Å². The predicted octanol–water partition coefficient (Wildman–Crippen LogP) is 1.90. The van der Waals surface area contributed by atoms with Crippen LogP contribution in [0.5, 0.6) is 0 Å². The highest BCUT2D eigenvalue weighted by Gasteiger charge is 2.39. The summed E-state index contributed by atoms with van der Waals surface area (Å²) in [4.78, 5) is 10.4. The van der Waals surface area contributed by atoms with Gasteiger partial charge in [-0.15, -0.1) is 0 Å². The molecule has 0 aromatic heterocycles. The van der Waals surface area contributed by atoms with Crippen LogP contribution < -0.4 is 0 Å². The minimum absolute atomic E-state index is 0.418. The quantitative estimate of drug-likeness (QED) is 0.659. The van der Waals surface area contributed by atoms with Gasteiger partial charge in [-0.1, -0.05) is 6.42 Å². The molecule has 2 aliphatic rings. The minimum Gasteiger partial charge on any atom is -0.481 e. The Hall–Kier alpha value is -0.530. The smallest absolute Gasteiger partial charge is 0.303 e. The third-order valence-electron chi connectivity index (χ3n) is 3.32. The van der Waals surface area contributed by atoms with Gasteiger partial charge in [0.15, 0.2) is 0 Å². The third-order valence-corrected chi connectivity index (χ3v) is 3.32. The average Bonchev–Trinajstić information content (AvgIpc) is 2.45. The topological polar surface area (TPSA) is 37.3 Å². The maximum atomic E-state index is 10.4. The molecule has 2 fully saturated rings. The normalized spacial score (nSPS) is 41.3. The SMILES string of the molecule is O=C(O)C[C@H]1CC2CCC1C2. The summed E-state index contributed by atoms with van der Waals surface area (Å²) in [6.07, 6.45) is 5.58. The minimum atomic E-state index is -0.609. The Bertz CT molecular complexity index is 176.